The van der Waals surface area contributed by atoms with Gasteiger partial charge in [0.15, 0.2) is 0 Å². The standard InChI is InChI=1S/C16H17F3N2O/c17-16(18,19)14-7-10(5-6-11(14)8-20)15-13-4-2-1-3-12(13)9-21(15)22/h5-7,12-13,15,21H,1-4,9H2. The van der Waals surface area contributed by atoms with Gasteiger partial charge in [-0.2, -0.15) is 18.4 Å². The summed E-state index contributed by atoms with van der Waals surface area (Å²) < 4.78 is 39.3. The lowest BCUT2D eigenvalue weighted by Gasteiger charge is -2.30. The lowest BCUT2D eigenvalue weighted by molar-refractivity contribution is -0.870. The first-order valence-electron chi connectivity index (χ1n) is 7.56. The van der Waals surface area contributed by atoms with E-state index in [1.165, 1.54) is 12.1 Å². The minimum atomic E-state index is -4.57. The lowest BCUT2D eigenvalue weighted by atomic mass is 9.76. The summed E-state index contributed by atoms with van der Waals surface area (Å²) in [5.41, 5.74) is -0.896. The average molecular weight is 310 g/mol. The van der Waals surface area contributed by atoms with E-state index in [2.05, 4.69) is 0 Å². The number of nitriles is 1. The van der Waals surface area contributed by atoms with Crippen molar-refractivity contribution in [1.82, 2.24) is 0 Å². The maximum Gasteiger partial charge on any atom is 0.417 e. The number of hydrogen-bond donors (Lipinski definition) is 1. The number of hydroxylamine groups is 2. The van der Waals surface area contributed by atoms with Crippen LogP contribution in [-0.2, 0) is 6.18 Å². The molecule has 1 saturated heterocycles. The minimum Gasteiger partial charge on any atom is -0.634 e. The monoisotopic (exact) mass is 310 g/mol. The molecule has 6 heteroatoms. The normalized spacial score (nSPS) is 31.6. The molecule has 1 aliphatic heterocycles. The Morgan fingerprint density at radius 1 is 1.23 bits per heavy atom. The van der Waals surface area contributed by atoms with Crippen molar-refractivity contribution in [3.63, 3.8) is 0 Å². The Kier molecular flexibility index (Phi) is 3.87. The molecule has 0 amide bonds. The van der Waals surface area contributed by atoms with Crippen molar-refractivity contribution in [1.29, 1.82) is 5.26 Å². The third kappa shape index (κ3) is 2.59. The fourth-order valence-electron chi connectivity index (χ4n) is 4.07. The van der Waals surface area contributed by atoms with Gasteiger partial charge < -0.3 is 10.3 Å². The molecule has 0 bridgehead atoms. The zero-order valence-electron chi connectivity index (χ0n) is 12.0. The first-order chi connectivity index (χ1) is 10.4. The Bertz CT molecular complexity index is 608. The van der Waals surface area contributed by atoms with Crippen molar-refractivity contribution in [3.05, 3.63) is 40.1 Å². The van der Waals surface area contributed by atoms with Crippen LogP contribution in [0.15, 0.2) is 18.2 Å². The van der Waals surface area contributed by atoms with Crippen LogP contribution in [0.2, 0.25) is 0 Å². The molecule has 4 unspecified atom stereocenters. The van der Waals surface area contributed by atoms with Crippen molar-refractivity contribution in [2.75, 3.05) is 6.54 Å². The van der Waals surface area contributed by atoms with Crippen LogP contribution in [0.1, 0.15) is 48.4 Å². The Labute approximate surface area is 126 Å². The number of benzene rings is 1. The predicted octanol–water partition coefficient (Wildman–Crippen LogP) is 2.82. The van der Waals surface area contributed by atoms with E-state index in [0.717, 1.165) is 31.7 Å². The van der Waals surface area contributed by atoms with Crippen molar-refractivity contribution in [2.24, 2.45) is 11.8 Å². The first kappa shape index (κ1) is 15.3. The smallest absolute Gasteiger partial charge is 0.417 e. The molecule has 118 valence electrons. The quantitative estimate of drug-likeness (QED) is 0.811. The number of alkyl halides is 3. The summed E-state index contributed by atoms with van der Waals surface area (Å²) in [5.74, 6) is 0.478. The van der Waals surface area contributed by atoms with Crippen LogP contribution in [0.5, 0.6) is 0 Å². The van der Waals surface area contributed by atoms with Gasteiger partial charge in [-0.25, -0.2) is 0 Å². The predicted molar refractivity (Wildman–Crippen MR) is 73.5 cm³/mol. The van der Waals surface area contributed by atoms with E-state index in [-0.39, 0.29) is 16.5 Å². The van der Waals surface area contributed by atoms with E-state index < -0.39 is 17.8 Å². The summed E-state index contributed by atoms with van der Waals surface area (Å²) in [7, 11) is 0. The largest absolute Gasteiger partial charge is 0.634 e. The summed E-state index contributed by atoms with van der Waals surface area (Å²) in [4.78, 5) is 0. The van der Waals surface area contributed by atoms with Crippen molar-refractivity contribution in [3.8, 4) is 6.07 Å². The average Bonchev–Trinajstić information content (AvgIpc) is 2.81. The van der Waals surface area contributed by atoms with Gasteiger partial charge in [0.25, 0.3) is 0 Å². The summed E-state index contributed by atoms with van der Waals surface area (Å²) in [6, 6.07) is 4.88. The summed E-state index contributed by atoms with van der Waals surface area (Å²) in [6.45, 7) is 0.483. The van der Waals surface area contributed by atoms with Gasteiger partial charge in [-0.05, 0) is 25.0 Å². The number of quaternary nitrogens is 1. The van der Waals surface area contributed by atoms with Gasteiger partial charge in [-0.15, -0.1) is 0 Å². The van der Waals surface area contributed by atoms with Crippen molar-refractivity contribution >= 4 is 0 Å². The molecule has 3 rings (SSSR count). The molecule has 0 aromatic heterocycles. The maximum atomic E-state index is 13.1. The molecule has 0 radical (unpaired) electrons. The molecule has 1 N–H and O–H groups in total. The maximum absolute atomic E-state index is 13.1. The molecule has 1 aromatic carbocycles. The fraction of sp³-hybridized carbons (Fsp3) is 0.562. The van der Waals surface area contributed by atoms with Crippen molar-refractivity contribution in [2.45, 2.75) is 37.9 Å². The van der Waals surface area contributed by atoms with E-state index in [4.69, 9.17) is 5.26 Å². The second-order valence-corrected chi connectivity index (χ2v) is 6.27. The molecule has 1 saturated carbocycles. The van der Waals surface area contributed by atoms with Crippen LogP contribution in [0.25, 0.3) is 0 Å². The summed E-state index contributed by atoms with van der Waals surface area (Å²) in [5, 5.41) is 21.2. The zero-order chi connectivity index (χ0) is 15.9. The van der Waals surface area contributed by atoms with Crippen LogP contribution in [0.4, 0.5) is 13.2 Å². The van der Waals surface area contributed by atoms with Gasteiger partial charge in [0.2, 0.25) is 0 Å². The number of rotatable bonds is 1. The molecule has 22 heavy (non-hydrogen) atoms. The Morgan fingerprint density at radius 3 is 2.64 bits per heavy atom. The van der Waals surface area contributed by atoms with Gasteiger partial charge in [0.1, 0.15) is 6.04 Å². The molecule has 4 atom stereocenters. The molecule has 1 aliphatic carbocycles. The minimum absolute atomic E-state index is 0.0507. The fourth-order valence-corrected chi connectivity index (χ4v) is 4.07. The molecule has 1 heterocycles. The SMILES string of the molecule is N#Cc1ccc(C2C3CCCCC3C[NH+]2[O-])cc1C(F)(F)F. The topological polar surface area (TPSA) is 51.3 Å². The van der Waals surface area contributed by atoms with Gasteiger partial charge in [-0.3, -0.25) is 0 Å². The summed E-state index contributed by atoms with van der Waals surface area (Å²) in [6.07, 6.45) is -0.540. The lowest BCUT2D eigenvalue weighted by Crippen LogP contribution is -3.05. The van der Waals surface area contributed by atoms with Crippen LogP contribution in [0.3, 0.4) is 0 Å². The molecule has 2 fully saturated rings. The van der Waals surface area contributed by atoms with Gasteiger partial charge in [-0.1, -0.05) is 18.9 Å². The molecule has 3 nitrogen and oxygen atoms in total. The number of nitrogens with zero attached hydrogens (tertiary/aromatic N) is 1. The van der Waals surface area contributed by atoms with E-state index in [1.54, 1.807) is 6.07 Å². The summed E-state index contributed by atoms with van der Waals surface area (Å²) >= 11 is 0. The van der Waals surface area contributed by atoms with E-state index in [0.29, 0.717) is 18.0 Å². The van der Waals surface area contributed by atoms with E-state index in [9.17, 15) is 18.4 Å². The number of nitrogens with one attached hydrogen (secondary N) is 1. The van der Waals surface area contributed by atoms with E-state index >= 15 is 0 Å². The van der Waals surface area contributed by atoms with E-state index in [1.807, 2.05) is 0 Å². The number of halogens is 3. The molecular formula is C16H17F3N2O. The van der Waals surface area contributed by atoms with Gasteiger partial charge in [0.05, 0.1) is 23.7 Å². The highest BCUT2D eigenvalue weighted by Crippen LogP contribution is 2.41. The molecular weight excluding hydrogens is 293 g/mol. The third-order valence-electron chi connectivity index (χ3n) is 5.03. The highest BCUT2D eigenvalue weighted by molar-refractivity contribution is 5.42. The molecule has 1 aromatic rings. The van der Waals surface area contributed by atoms with Gasteiger partial charge >= 0.3 is 6.18 Å². The second kappa shape index (κ2) is 5.56. The highest BCUT2D eigenvalue weighted by atomic mass is 19.4. The van der Waals surface area contributed by atoms with Gasteiger partial charge in [0, 0.05) is 17.4 Å². The second-order valence-electron chi connectivity index (χ2n) is 6.27. The highest BCUT2D eigenvalue weighted by Gasteiger charge is 2.45. The number of hydrogen-bond acceptors (Lipinski definition) is 2. The van der Waals surface area contributed by atoms with Crippen molar-refractivity contribution < 1.29 is 18.2 Å². The third-order valence-corrected chi connectivity index (χ3v) is 5.03. The van der Waals surface area contributed by atoms with Crippen LogP contribution in [-0.4, -0.2) is 6.54 Å². The Hall–Kier alpha value is -1.58. The Morgan fingerprint density at radius 2 is 1.95 bits per heavy atom. The first-order valence-corrected chi connectivity index (χ1v) is 7.56. The number of fused-ring (bicyclic) bond motifs is 1. The van der Waals surface area contributed by atoms with Crippen LogP contribution >= 0.6 is 0 Å². The van der Waals surface area contributed by atoms with Crippen LogP contribution < -0.4 is 5.06 Å². The molecule has 2 aliphatic rings. The zero-order valence-corrected chi connectivity index (χ0v) is 12.0. The van der Waals surface area contributed by atoms with Crippen LogP contribution in [0, 0.1) is 28.4 Å². The molecule has 0 spiro atoms. The Balaban J connectivity index is 2.00.